The normalized spacial score (nSPS) is 20.3. The summed E-state index contributed by atoms with van der Waals surface area (Å²) in [7, 11) is 0. The summed E-state index contributed by atoms with van der Waals surface area (Å²) in [5.41, 5.74) is -3.77. The van der Waals surface area contributed by atoms with Gasteiger partial charge in [-0.25, -0.2) is 15.1 Å². The smallest absolute Gasteiger partial charge is 0.423 e. The average molecular weight is 640 g/mol. The third kappa shape index (κ3) is 6.20. The number of hydrogen-bond donors (Lipinski definition) is 1. The number of anilines is 2. The van der Waals surface area contributed by atoms with E-state index in [0.717, 1.165) is 18.5 Å². The number of nitrogens with one attached hydrogen (secondary N) is 1. The molecule has 6 rings (SSSR count). The van der Waals surface area contributed by atoms with E-state index < -0.39 is 35.1 Å². The van der Waals surface area contributed by atoms with Gasteiger partial charge in [-0.3, -0.25) is 9.59 Å². The molecule has 1 amide bonds. The number of carbonyl (C=O) groups is 1. The monoisotopic (exact) mass is 639 g/mol. The number of carbonyl (C=O) groups excluding carboxylic acids is 1. The van der Waals surface area contributed by atoms with Gasteiger partial charge in [0, 0.05) is 44.9 Å². The third-order valence-electron chi connectivity index (χ3n) is 8.08. The van der Waals surface area contributed by atoms with Crippen molar-refractivity contribution in [2.24, 2.45) is 0 Å². The fourth-order valence-electron chi connectivity index (χ4n) is 5.95. The Morgan fingerprint density at radius 3 is 2.64 bits per heavy atom. The van der Waals surface area contributed by atoms with Crippen molar-refractivity contribution in [3.8, 4) is 11.6 Å². The molecule has 6 heterocycles. The molecule has 0 radical (unpaired) electrons. The van der Waals surface area contributed by atoms with Crippen LogP contribution in [0.15, 0.2) is 41.5 Å². The van der Waals surface area contributed by atoms with Gasteiger partial charge in [0.05, 0.1) is 36.1 Å². The number of pyridine rings is 2. The Morgan fingerprint density at radius 2 is 1.87 bits per heavy atom. The number of amides is 1. The number of H-pyrrole nitrogens is 1. The Morgan fingerprint density at radius 1 is 1.04 bits per heavy atom. The molecule has 17 heteroatoms. The van der Waals surface area contributed by atoms with E-state index >= 15 is 0 Å². The van der Waals surface area contributed by atoms with Crippen LogP contribution in [-0.2, 0) is 12.4 Å². The molecule has 11 nitrogen and oxygen atoms in total. The Labute approximate surface area is 251 Å². The van der Waals surface area contributed by atoms with Crippen molar-refractivity contribution in [3.63, 3.8) is 0 Å². The van der Waals surface area contributed by atoms with E-state index in [4.69, 9.17) is 9.47 Å². The lowest BCUT2D eigenvalue weighted by atomic mass is 10.1. The molecule has 2 fully saturated rings. The zero-order valence-corrected chi connectivity index (χ0v) is 23.6. The van der Waals surface area contributed by atoms with Crippen LogP contribution < -0.4 is 24.8 Å². The molecule has 240 valence electrons. The van der Waals surface area contributed by atoms with Crippen LogP contribution in [-0.4, -0.2) is 82.4 Å². The van der Waals surface area contributed by atoms with Crippen LogP contribution in [0.4, 0.5) is 37.8 Å². The van der Waals surface area contributed by atoms with E-state index in [2.05, 4.69) is 15.1 Å². The van der Waals surface area contributed by atoms with Gasteiger partial charge in [-0.1, -0.05) is 6.07 Å². The first kappa shape index (κ1) is 30.5. The van der Waals surface area contributed by atoms with Crippen molar-refractivity contribution in [1.29, 1.82) is 0 Å². The van der Waals surface area contributed by atoms with Gasteiger partial charge in [-0.05, 0) is 25.0 Å². The number of rotatable bonds is 5. The lowest BCUT2D eigenvalue weighted by molar-refractivity contribution is -0.139. The van der Waals surface area contributed by atoms with Crippen molar-refractivity contribution in [3.05, 3.63) is 63.8 Å². The Balaban J connectivity index is 1.12. The van der Waals surface area contributed by atoms with Crippen molar-refractivity contribution in [2.45, 2.75) is 43.7 Å². The van der Waals surface area contributed by atoms with Crippen LogP contribution in [0.1, 0.15) is 40.9 Å². The second-order valence-corrected chi connectivity index (χ2v) is 10.9. The van der Waals surface area contributed by atoms with Crippen molar-refractivity contribution < 1.29 is 40.6 Å². The Kier molecular flexibility index (Phi) is 7.95. The van der Waals surface area contributed by atoms with E-state index in [9.17, 15) is 35.9 Å². The van der Waals surface area contributed by atoms with E-state index in [0.29, 0.717) is 31.6 Å². The highest BCUT2D eigenvalue weighted by Crippen LogP contribution is 2.39. The number of ether oxygens (including phenoxy) is 2. The minimum atomic E-state index is -4.87. The predicted molar refractivity (Wildman–Crippen MR) is 146 cm³/mol. The molecular weight excluding hydrogens is 612 g/mol. The molecule has 2 atom stereocenters. The molecule has 45 heavy (non-hydrogen) atoms. The minimum absolute atomic E-state index is 0.0437. The van der Waals surface area contributed by atoms with E-state index in [1.807, 2.05) is 10.00 Å². The Hall–Kier alpha value is -4.57. The average Bonchev–Trinajstić information content (AvgIpc) is 3.39. The summed E-state index contributed by atoms with van der Waals surface area (Å²) in [5, 5.41) is 5.39. The quantitative estimate of drug-likeness (QED) is 0.417. The number of fused-ring (bicyclic) bond motifs is 3. The van der Waals surface area contributed by atoms with Gasteiger partial charge in [0.25, 0.3) is 11.5 Å². The predicted octanol–water partition coefficient (Wildman–Crippen LogP) is 3.76. The van der Waals surface area contributed by atoms with Crippen LogP contribution in [0, 0.1) is 0 Å². The van der Waals surface area contributed by atoms with Crippen molar-refractivity contribution >= 4 is 17.4 Å². The van der Waals surface area contributed by atoms with E-state index in [-0.39, 0.29) is 67.8 Å². The maximum absolute atomic E-state index is 13.6. The van der Waals surface area contributed by atoms with Crippen LogP contribution in [0.2, 0.25) is 0 Å². The standard InChI is InChI=1S/C28H27F6N7O4/c29-27(30,31)16-11-21-24(35-12-16)41-9-8-39(14-17(41)6-10-44-21)26(43)19-4-1-5-22(37-19)45-15-18-3-2-7-40(18)20-13-36-38-25(42)23(20)28(32,33)34/h1,4-5,11-13,17-18H,2-3,6-10,14-15H2,(H,38,42). The zero-order chi connectivity index (χ0) is 31.9. The summed E-state index contributed by atoms with van der Waals surface area (Å²) in [6.07, 6.45) is -6.14. The molecule has 0 aliphatic carbocycles. The minimum Gasteiger partial charge on any atom is -0.490 e. The summed E-state index contributed by atoms with van der Waals surface area (Å²) in [6.45, 7) is 1.22. The molecule has 2 saturated heterocycles. The first-order valence-corrected chi connectivity index (χ1v) is 14.2. The molecule has 0 bridgehead atoms. The molecule has 0 spiro atoms. The summed E-state index contributed by atoms with van der Waals surface area (Å²) in [5.74, 6) is 0.0698. The second-order valence-electron chi connectivity index (χ2n) is 10.9. The van der Waals surface area contributed by atoms with Gasteiger partial charge in [-0.15, -0.1) is 0 Å². The summed E-state index contributed by atoms with van der Waals surface area (Å²) < 4.78 is 91.9. The van der Waals surface area contributed by atoms with Crippen LogP contribution >= 0.6 is 0 Å². The number of hydrogen-bond acceptors (Lipinski definition) is 9. The van der Waals surface area contributed by atoms with Gasteiger partial charge < -0.3 is 24.2 Å². The lowest BCUT2D eigenvalue weighted by Crippen LogP contribution is -2.55. The molecule has 3 aliphatic heterocycles. The topological polar surface area (TPSA) is 117 Å². The molecule has 2 unspecified atom stereocenters. The third-order valence-corrected chi connectivity index (χ3v) is 8.08. The first-order chi connectivity index (χ1) is 21.4. The number of piperazine rings is 1. The SMILES string of the molecule is O=C(c1cccc(OCC2CCCN2c2cn[nH]c(=O)c2C(F)(F)F)n1)N1CCN2c3ncc(C(F)(F)F)cc3OCCC2C1. The molecule has 3 aromatic heterocycles. The van der Waals surface area contributed by atoms with Gasteiger partial charge in [0.1, 0.15) is 17.9 Å². The highest BCUT2D eigenvalue weighted by molar-refractivity contribution is 5.92. The molecule has 1 N–H and O–H groups in total. The van der Waals surface area contributed by atoms with Crippen LogP contribution in [0.25, 0.3) is 0 Å². The summed E-state index contributed by atoms with van der Waals surface area (Å²) >= 11 is 0. The lowest BCUT2D eigenvalue weighted by Gasteiger charge is -2.41. The maximum Gasteiger partial charge on any atom is 0.423 e. The van der Waals surface area contributed by atoms with Crippen molar-refractivity contribution in [2.75, 3.05) is 49.2 Å². The summed E-state index contributed by atoms with van der Waals surface area (Å²) in [4.78, 5) is 38.7. The number of nitrogens with zero attached hydrogens (tertiary/aromatic N) is 6. The van der Waals surface area contributed by atoms with Gasteiger partial charge in [0.2, 0.25) is 5.88 Å². The first-order valence-electron chi connectivity index (χ1n) is 14.2. The number of aromatic amines is 1. The largest absolute Gasteiger partial charge is 0.490 e. The molecule has 0 saturated carbocycles. The van der Waals surface area contributed by atoms with Crippen LogP contribution in [0.3, 0.4) is 0 Å². The number of aromatic nitrogens is 4. The molecule has 3 aliphatic rings. The van der Waals surface area contributed by atoms with Crippen LogP contribution in [0.5, 0.6) is 11.6 Å². The second kappa shape index (κ2) is 11.7. The number of alkyl halides is 6. The fourth-order valence-corrected chi connectivity index (χ4v) is 5.95. The van der Waals surface area contributed by atoms with Gasteiger partial charge >= 0.3 is 12.4 Å². The van der Waals surface area contributed by atoms with E-state index in [1.165, 1.54) is 17.0 Å². The van der Waals surface area contributed by atoms with Crippen molar-refractivity contribution in [1.82, 2.24) is 25.1 Å². The Bertz CT molecular complexity index is 1630. The van der Waals surface area contributed by atoms with E-state index in [1.54, 1.807) is 11.0 Å². The highest BCUT2D eigenvalue weighted by atomic mass is 19.4. The molecular formula is C28H27F6N7O4. The van der Waals surface area contributed by atoms with Gasteiger partial charge in [-0.2, -0.15) is 31.4 Å². The molecule has 0 aromatic carbocycles. The van der Waals surface area contributed by atoms with Gasteiger partial charge in [0.15, 0.2) is 11.6 Å². The summed E-state index contributed by atoms with van der Waals surface area (Å²) in [6, 6.07) is 4.83. The maximum atomic E-state index is 13.6. The zero-order valence-electron chi connectivity index (χ0n) is 23.6. The number of halogens is 6. The highest BCUT2D eigenvalue weighted by Gasteiger charge is 2.41. The molecule has 3 aromatic rings. The fraction of sp³-hybridized carbons (Fsp3) is 0.464.